The van der Waals surface area contributed by atoms with Gasteiger partial charge in [0.2, 0.25) is 11.8 Å². The number of sulfone groups is 1. The maximum absolute atomic E-state index is 11.9. The van der Waals surface area contributed by atoms with E-state index in [0.717, 1.165) is 5.56 Å². The number of rotatable bonds is 7. The summed E-state index contributed by atoms with van der Waals surface area (Å²) in [4.78, 5) is 16.0. The molecule has 2 rings (SSSR count). The van der Waals surface area contributed by atoms with Gasteiger partial charge in [0.15, 0.2) is 9.84 Å². The van der Waals surface area contributed by atoms with E-state index in [1.807, 2.05) is 31.2 Å². The Morgan fingerprint density at radius 1 is 1.16 bits per heavy atom. The zero-order chi connectivity index (χ0) is 18.4. The van der Waals surface area contributed by atoms with E-state index in [1.54, 1.807) is 26.0 Å². The summed E-state index contributed by atoms with van der Waals surface area (Å²) < 4.78 is 29.3. The first-order chi connectivity index (χ1) is 11.7. The van der Waals surface area contributed by atoms with Gasteiger partial charge in [0.25, 0.3) is 0 Å². The van der Waals surface area contributed by atoms with E-state index in [9.17, 15) is 13.2 Å². The van der Waals surface area contributed by atoms with Crippen molar-refractivity contribution in [1.29, 1.82) is 0 Å². The fraction of sp³-hybridized carbons (Fsp3) is 0.333. The molecule has 0 saturated heterocycles. The zero-order valence-corrected chi connectivity index (χ0v) is 15.3. The first-order valence-corrected chi connectivity index (χ1v) is 9.76. The Hall–Kier alpha value is -2.41. The molecular formula is C18H22N2O4S. The Balaban J connectivity index is 1.93. The lowest BCUT2D eigenvalue weighted by Gasteiger charge is -2.09. The van der Waals surface area contributed by atoms with E-state index in [0.29, 0.717) is 17.3 Å². The Morgan fingerprint density at radius 2 is 1.84 bits per heavy atom. The molecule has 0 aliphatic rings. The summed E-state index contributed by atoms with van der Waals surface area (Å²) in [5, 5.41) is 2.53. The topological polar surface area (TPSA) is 85.4 Å². The Kier molecular flexibility index (Phi) is 6.14. The summed E-state index contributed by atoms with van der Waals surface area (Å²) in [6, 6.07) is 10.8. The van der Waals surface area contributed by atoms with Gasteiger partial charge in [0.05, 0.1) is 17.6 Å². The van der Waals surface area contributed by atoms with Crippen LogP contribution >= 0.6 is 0 Å². The number of anilines is 1. The van der Waals surface area contributed by atoms with E-state index in [1.165, 1.54) is 6.20 Å². The fourth-order valence-electron chi connectivity index (χ4n) is 2.21. The van der Waals surface area contributed by atoms with Crippen LogP contribution in [-0.4, -0.2) is 30.8 Å². The molecule has 0 spiro atoms. The third-order valence-corrected chi connectivity index (χ3v) is 5.08. The van der Waals surface area contributed by atoms with Gasteiger partial charge in [0.1, 0.15) is 11.5 Å². The van der Waals surface area contributed by atoms with Crippen LogP contribution in [0.15, 0.2) is 42.6 Å². The molecule has 0 aliphatic heterocycles. The first-order valence-electron chi connectivity index (χ1n) is 7.94. The molecule has 7 heteroatoms. The van der Waals surface area contributed by atoms with Crippen LogP contribution in [-0.2, 0) is 14.6 Å². The van der Waals surface area contributed by atoms with Gasteiger partial charge in [-0.05, 0) is 31.0 Å². The average molecular weight is 362 g/mol. The van der Waals surface area contributed by atoms with E-state index in [2.05, 4.69) is 10.3 Å². The molecule has 0 radical (unpaired) electrons. The smallest absolute Gasteiger partial charge is 0.239 e. The lowest BCUT2D eigenvalue weighted by atomic mass is 10.2. The van der Waals surface area contributed by atoms with Crippen LogP contribution in [0.25, 0.3) is 0 Å². The van der Waals surface area contributed by atoms with Crippen molar-refractivity contribution in [3.8, 4) is 11.6 Å². The van der Waals surface area contributed by atoms with Gasteiger partial charge in [-0.2, -0.15) is 0 Å². The van der Waals surface area contributed by atoms with Crippen LogP contribution in [0.1, 0.15) is 19.4 Å². The standard InChI is InChI=1S/C18H22N2O4S/c1-13(2)11-25(22,23)12-17(21)20-15-6-9-18(19-10-15)24-16-7-4-14(3)5-8-16/h4-10,13H,11-12H2,1-3H3,(H,20,21). The van der Waals surface area contributed by atoms with Crippen molar-refractivity contribution < 1.29 is 17.9 Å². The van der Waals surface area contributed by atoms with Crippen molar-refractivity contribution in [3.05, 3.63) is 48.2 Å². The van der Waals surface area contributed by atoms with Crippen molar-refractivity contribution >= 4 is 21.4 Å². The molecule has 0 unspecified atom stereocenters. The van der Waals surface area contributed by atoms with Crippen molar-refractivity contribution in [1.82, 2.24) is 4.98 Å². The molecule has 134 valence electrons. The quantitative estimate of drug-likeness (QED) is 0.817. The van der Waals surface area contributed by atoms with Crippen molar-refractivity contribution in [2.75, 3.05) is 16.8 Å². The van der Waals surface area contributed by atoms with E-state index in [4.69, 9.17) is 4.74 Å². The van der Waals surface area contributed by atoms with Crippen LogP contribution in [0.4, 0.5) is 5.69 Å². The molecule has 0 fully saturated rings. The van der Waals surface area contributed by atoms with E-state index < -0.39 is 21.5 Å². The second kappa shape index (κ2) is 8.11. The minimum absolute atomic E-state index is 0.0119. The molecule has 2 aromatic rings. The molecule has 1 amide bonds. The molecule has 25 heavy (non-hydrogen) atoms. The third kappa shape index (κ3) is 6.54. The highest BCUT2D eigenvalue weighted by Gasteiger charge is 2.18. The number of hydrogen-bond donors (Lipinski definition) is 1. The van der Waals surface area contributed by atoms with Crippen LogP contribution in [0.5, 0.6) is 11.6 Å². The number of nitrogens with one attached hydrogen (secondary N) is 1. The summed E-state index contributed by atoms with van der Waals surface area (Å²) in [5.41, 5.74) is 1.55. The molecular weight excluding hydrogens is 340 g/mol. The highest BCUT2D eigenvalue weighted by atomic mass is 32.2. The number of pyridine rings is 1. The van der Waals surface area contributed by atoms with Crippen LogP contribution < -0.4 is 10.1 Å². The highest BCUT2D eigenvalue weighted by molar-refractivity contribution is 7.92. The number of carbonyl (C=O) groups excluding carboxylic acids is 1. The second-order valence-corrected chi connectivity index (χ2v) is 8.41. The number of carbonyl (C=O) groups is 1. The Bertz CT molecular complexity index is 813. The lowest BCUT2D eigenvalue weighted by molar-refractivity contribution is -0.113. The number of amides is 1. The predicted octanol–water partition coefficient (Wildman–Crippen LogP) is 3.19. The summed E-state index contributed by atoms with van der Waals surface area (Å²) in [6.45, 7) is 5.58. The monoisotopic (exact) mass is 362 g/mol. The highest BCUT2D eigenvalue weighted by Crippen LogP contribution is 2.20. The number of nitrogens with zero attached hydrogens (tertiary/aromatic N) is 1. The predicted molar refractivity (Wildman–Crippen MR) is 97.6 cm³/mol. The van der Waals surface area contributed by atoms with Gasteiger partial charge >= 0.3 is 0 Å². The van der Waals surface area contributed by atoms with Crippen molar-refractivity contribution in [3.63, 3.8) is 0 Å². The summed E-state index contributed by atoms with van der Waals surface area (Å²) in [7, 11) is -3.41. The van der Waals surface area contributed by atoms with Crippen LogP contribution in [0.3, 0.4) is 0 Å². The lowest BCUT2D eigenvalue weighted by Crippen LogP contribution is -2.26. The molecule has 1 aromatic heterocycles. The van der Waals surface area contributed by atoms with Gasteiger partial charge in [-0.3, -0.25) is 4.79 Å². The zero-order valence-electron chi connectivity index (χ0n) is 14.5. The second-order valence-electron chi connectivity index (χ2n) is 6.30. The Labute approximate surface area is 148 Å². The normalized spacial score (nSPS) is 11.4. The maximum Gasteiger partial charge on any atom is 0.239 e. The fourth-order valence-corrected chi connectivity index (χ4v) is 3.81. The van der Waals surface area contributed by atoms with E-state index in [-0.39, 0.29) is 11.7 Å². The largest absolute Gasteiger partial charge is 0.439 e. The van der Waals surface area contributed by atoms with Crippen LogP contribution in [0.2, 0.25) is 0 Å². The van der Waals surface area contributed by atoms with Gasteiger partial charge in [-0.15, -0.1) is 0 Å². The minimum Gasteiger partial charge on any atom is -0.439 e. The Morgan fingerprint density at radius 3 is 2.40 bits per heavy atom. The SMILES string of the molecule is Cc1ccc(Oc2ccc(NC(=O)CS(=O)(=O)CC(C)C)cn2)cc1. The first kappa shape index (κ1) is 18.9. The molecule has 1 aromatic carbocycles. The van der Waals surface area contributed by atoms with E-state index >= 15 is 0 Å². The van der Waals surface area contributed by atoms with Gasteiger partial charge < -0.3 is 10.1 Å². The van der Waals surface area contributed by atoms with Gasteiger partial charge in [-0.25, -0.2) is 13.4 Å². The van der Waals surface area contributed by atoms with Crippen molar-refractivity contribution in [2.45, 2.75) is 20.8 Å². The summed E-state index contributed by atoms with van der Waals surface area (Å²) in [5.74, 6) is -0.0919. The summed E-state index contributed by atoms with van der Waals surface area (Å²) in [6.07, 6.45) is 1.43. The number of ether oxygens (including phenoxy) is 1. The average Bonchev–Trinajstić information content (AvgIpc) is 2.49. The van der Waals surface area contributed by atoms with Gasteiger partial charge in [-0.1, -0.05) is 31.5 Å². The molecule has 0 saturated carbocycles. The molecule has 6 nitrogen and oxygen atoms in total. The molecule has 0 aliphatic carbocycles. The number of benzene rings is 1. The number of aromatic nitrogens is 1. The number of aryl methyl sites for hydroxylation is 1. The number of hydrogen-bond acceptors (Lipinski definition) is 5. The van der Waals surface area contributed by atoms with Gasteiger partial charge in [0, 0.05) is 6.07 Å². The molecule has 1 heterocycles. The molecule has 1 N–H and O–H groups in total. The maximum atomic E-state index is 11.9. The van der Waals surface area contributed by atoms with Crippen LogP contribution in [0, 0.1) is 12.8 Å². The van der Waals surface area contributed by atoms with Crippen molar-refractivity contribution in [2.24, 2.45) is 5.92 Å². The molecule has 0 bridgehead atoms. The summed E-state index contributed by atoms with van der Waals surface area (Å²) >= 11 is 0. The minimum atomic E-state index is -3.41. The molecule has 0 atom stereocenters. The third-order valence-electron chi connectivity index (χ3n) is 3.20.